The van der Waals surface area contributed by atoms with E-state index in [4.69, 9.17) is 4.42 Å². The van der Waals surface area contributed by atoms with Crippen molar-refractivity contribution in [3.8, 4) is 5.75 Å². The standard InChI is InChI=1S/C20H23NO3S/c1-4-13-8-15-14(9-19(23)24-17(15)10-16(13)22)11-21-20(12(2)3)18-6-5-7-25-18/h5-10,12,20-22H,4,11H2,1-3H3/t20-/m1/s1. The molecule has 0 bridgehead atoms. The van der Waals surface area contributed by atoms with Gasteiger partial charge in [0.2, 0.25) is 0 Å². The van der Waals surface area contributed by atoms with E-state index < -0.39 is 5.63 Å². The Bertz CT molecular complexity index is 913. The van der Waals surface area contributed by atoms with Crippen LogP contribution in [0.15, 0.2) is 44.9 Å². The summed E-state index contributed by atoms with van der Waals surface area (Å²) in [5, 5.41) is 16.6. The van der Waals surface area contributed by atoms with Crippen molar-refractivity contribution < 1.29 is 9.52 Å². The molecule has 0 fully saturated rings. The van der Waals surface area contributed by atoms with Gasteiger partial charge in [0.05, 0.1) is 0 Å². The van der Waals surface area contributed by atoms with Crippen molar-refractivity contribution in [2.24, 2.45) is 5.92 Å². The van der Waals surface area contributed by atoms with E-state index in [1.807, 2.05) is 13.0 Å². The van der Waals surface area contributed by atoms with E-state index in [0.717, 1.165) is 22.9 Å². The third kappa shape index (κ3) is 3.78. The Morgan fingerprint density at radius 1 is 1.24 bits per heavy atom. The largest absolute Gasteiger partial charge is 0.508 e. The predicted molar refractivity (Wildman–Crippen MR) is 102 cm³/mol. The highest BCUT2D eigenvalue weighted by molar-refractivity contribution is 7.10. The lowest BCUT2D eigenvalue weighted by molar-refractivity contribution is 0.416. The van der Waals surface area contributed by atoms with Gasteiger partial charge in [-0.15, -0.1) is 11.3 Å². The maximum atomic E-state index is 11.9. The zero-order valence-corrected chi connectivity index (χ0v) is 15.5. The second-order valence-corrected chi connectivity index (χ2v) is 7.52. The summed E-state index contributed by atoms with van der Waals surface area (Å²) in [6.45, 7) is 6.92. The molecule has 0 radical (unpaired) electrons. The number of aromatic hydroxyl groups is 1. The minimum Gasteiger partial charge on any atom is -0.508 e. The number of rotatable bonds is 6. The van der Waals surface area contributed by atoms with Gasteiger partial charge in [0.15, 0.2) is 0 Å². The van der Waals surface area contributed by atoms with Crippen LogP contribution < -0.4 is 10.9 Å². The summed E-state index contributed by atoms with van der Waals surface area (Å²) in [5.74, 6) is 0.599. The lowest BCUT2D eigenvalue weighted by atomic mass is 10.0. The molecule has 1 aromatic carbocycles. The van der Waals surface area contributed by atoms with Gasteiger partial charge in [-0.05, 0) is 41.0 Å². The maximum absolute atomic E-state index is 11.9. The lowest BCUT2D eigenvalue weighted by Crippen LogP contribution is -2.25. The summed E-state index contributed by atoms with van der Waals surface area (Å²) >= 11 is 1.73. The van der Waals surface area contributed by atoms with Crippen molar-refractivity contribution in [3.63, 3.8) is 0 Å². The quantitative estimate of drug-likeness (QED) is 0.633. The zero-order chi connectivity index (χ0) is 18.0. The Balaban J connectivity index is 1.96. The molecule has 0 saturated heterocycles. The summed E-state index contributed by atoms with van der Waals surface area (Å²) < 4.78 is 5.27. The number of hydrogen-bond donors (Lipinski definition) is 2. The summed E-state index contributed by atoms with van der Waals surface area (Å²) in [7, 11) is 0. The van der Waals surface area contributed by atoms with Crippen molar-refractivity contribution in [2.45, 2.75) is 39.8 Å². The van der Waals surface area contributed by atoms with Crippen LogP contribution in [0.4, 0.5) is 0 Å². The molecule has 132 valence electrons. The highest BCUT2D eigenvalue weighted by Gasteiger charge is 2.17. The highest BCUT2D eigenvalue weighted by Crippen LogP contribution is 2.29. The van der Waals surface area contributed by atoms with Crippen LogP contribution in [0, 0.1) is 5.92 Å². The summed E-state index contributed by atoms with van der Waals surface area (Å²) in [5.41, 5.74) is 1.77. The van der Waals surface area contributed by atoms with Crippen LogP contribution in [0.3, 0.4) is 0 Å². The molecular weight excluding hydrogens is 334 g/mol. The lowest BCUT2D eigenvalue weighted by Gasteiger charge is -2.21. The van der Waals surface area contributed by atoms with Gasteiger partial charge in [0.1, 0.15) is 11.3 Å². The van der Waals surface area contributed by atoms with Crippen LogP contribution in [-0.2, 0) is 13.0 Å². The number of hydrogen-bond acceptors (Lipinski definition) is 5. The second-order valence-electron chi connectivity index (χ2n) is 6.54. The average Bonchev–Trinajstić information content (AvgIpc) is 3.08. The Kier molecular flexibility index (Phi) is 5.25. The fourth-order valence-corrected chi connectivity index (χ4v) is 4.06. The van der Waals surface area contributed by atoms with Crippen LogP contribution in [0.1, 0.15) is 42.8 Å². The summed E-state index contributed by atoms with van der Waals surface area (Å²) in [4.78, 5) is 13.2. The van der Waals surface area contributed by atoms with Gasteiger partial charge in [-0.3, -0.25) is 0 Å². The molecular formula is C20H23NO3S. The van der Waals surface area contributed by atoms with Gasteiger partial charge in [0, 0.05) is 35.0 Å². The zero-order valence-electron chi connectivity index (χ0n) is 14.7. The van der Waals surface area contributed by atoms with Gasteiger partial charge in [-0.2, -0.15) is 0 Å². The number of phenols is 1. The van der Waals surface area contributed by atoms with Crippen LogP contribution in [-0.4, -0.2) is 5.11 Å². The minimum absolute atomic E-state index is 0.168. The van der Waals surface area contributed by atoms with Crippen LogP contribution in [0.25, 0.3) is 11.0 Å². The molecule has 2 aromatic heterocycles. The number of fused-ring (bicyclic) bond motifs is 1. The highest BCUT2D eigenvalue weighted by atomic mass is 32.1. The summed E-state index contributed by atoms with van der Waals surface area (Å²) in [6.07, 6.45) is 0.720. The van der Waals surface area contributed by atoms with Crippen molar-refractivity contribution in [3.05, 3.63) is 62.1 Å². The average molecular weight is 357 g/mol. The van der Waals surface area contributed by atoms with Gasteiger partial charge in [-0.1, -0.05) is 26.8 Å². The van der Waals surface area contributed by atoms with Crippen molar-refractivity contribution in [1.29, 1.82) is 0 Å². The monoisotopic (exact) mass is 357 g/mol. The van der Waals surface area contributed by atoms with Gasteiger partial charge >= 0.3 is 5.63 Å². The molecule has 0 aliphatic heterocycles. The first-order valence-corrected chi connectivity index (χ1v) is 9.43. The molecule has 0 aliphatic rings. The van der Waals surface area contributed by atoms with Crippen LogP contribution >= 0.6 is 11.3 Å². The number of aryl methyl sites for hydroxylation is 1. The van der Waals surface area contributed by atoms with E-state index in [9.17, 15) is 9.90 Å². The SMILES string of the molecule is CCc1cc2c(CN[C@@H](c3cccs3)C(C)C)cc(=O)oc2cc1O. The van der Waals surface area contributed by atoms with Crippen molar-refractivity contribution in [2.75, 3.05) is 0 Å². The fraction of sp³-hybridized carbons (Fsp3) is 0.350. The first kappa shape index (κ1) is 17.7. The van der Waals surface area contributed by atoms with Crippen LogP contribution in [0.5, 0.6) is 5.75 Å². The van der Waals surface area contributed by atoms with E-state index in [1.165, 1.54) is 17.0 Å². The molecule has 1 atom stereocenters. The van der Waals surface area contributed by atoms with Gasteiger partial charge in [-0.25, -0.2) is 4.79 Å². The molecule has 25 heavy (non-hydrogen) atoms. The van der Waals surface area contributed by atoms with Crippen molar-refractivity contribution in [1.82, 2.24) is 5.32 Å². The predicted octanol–water partition coefficient (Wildman–Crippen LogP) is 4.61. The normalized spacial score (nSPS) is 12.8. The Morgan fingerprint density at radius 2 is 2.04 bits per heavy atom. The molecule has 3 rings (SSSR count). The molecule has 0 unspecified atom stereocenters. The molecule has 4 nitrogen and oxygen atoms in total. The number of phenolic OH excluding ortho intramolecular Hbond substituents is 1. The second kappa shape index (κ2) is 7.42. The third-order valence-corrected chi connectivity index (χ3v) is 5.39. The molecule has 5 heteroatoms. The smallest absolute Gasteiger partial charge is 0.336 e. The molecule has 0 aliphatic carbocycles. The van der Waals surface area contributed by atoms with Gasteiger partial charge in [0.25, 0.3) is 0 Å². The maximum Gasteiger partial charge on any atom is 0.336 e. The topological polar surface area (TPSA) is 62.5 Å². The van der Waals surface area contributed by atoms with Crippen LogP contribution in [0.2, 0.25) is 0 Å². The van der Waals surface area contributed by atoms with E-state index in [0.29, 0.717) is 18.0 Å². The molecule has 2 N–H and O–H groups in total. The van der Waals surface area contributed by atoms with E-state index >= 15 is 0 Å². The Hall–Kier alpha value is -2.11. The minimum atomic E-state index is -0.398. The molecule has 0 amide bonds. The molecule has 0 saturated carbocycles. The first-order chi connectivity index (χ1) is 12.0. The Labute approximate surface area is 151 Å². The third-order valence-electron chi connectivity index (χ3n) is 4.44. The van der Waals surface area contributed by atoms with Gasteiger partial charge < -0.3 is 14.8 Å². The number of benzene rings is 1. The van der Waals surface area contributed by atoms with E-state index in [2.05, 4.69) is 36.7 Å². The Morgan fingerprint density at radius 3 is 2.68 bits per heavy atom. The molecule has 0 spiro atoms. The number of thiophene rings is 1. The van der Waals surface area contributed by atoms with E-state index in [-0.39, 0.29) is 11.8 Å². The van der Waals surface area contributed by atoms with Crippen molar-refractivity contribution >= 4 is 22.3 Å². The summed E-state index contributed by atoms with van der Waals surface area (Å²) in [6, 6.07) is 9.41. The van der Waals surface area contributed by atoms with E-state index in [1.54, 1.807) is 11.3 Å². The number of nitrogens with one attached hydrogen (secondary N) is 1. The molecule has 3 aromatic rings. The fourth-order valence-electron chi connectivity index (χ4n) is 3.09. The molecule has 2 heterocycles. The first-order valence-electron chi connectivity index (χ1n) is 8.55.